The first kappa shape index (κ1) is 13.0. The van der Waals surface area contributed by atoms with Crippen molar-refractivity contribution in [1.29, 1.82) is 0 Å². The van der Waals surface area contributed by atoms with Gasteiger partial charge in [-0.1, -0.05) is 6.07 Å². The zero-order chi connectivity index (χ0) is 14.0. The van der Waals surface area contributed by atoms with Gasteiger partial charge in [-0.3, -0.25) is 9.59 Å². The molecule has 1 N–H and O–H groups in total. The molecule has 0 unspecified atom stereocenters. The van der Waals surface area contributed by atoms with Crippen molar-refractivity contribution in [3.05, 3.63) is 63.8 Å². The number of hydrogen-bond acceptors (Lipinski definition) is 2. The zero-order valence-electron chi connectivity index (χ0n) is 10.3. The number of aliphatic carboxylic acids is 1. The van der Waals surface area contributed by atoms with Crippen molar-refractivity contribution in [3.8, 4) is 5.69 Å². The Morgan fingerprint density at radius 3 is 2.74 bits per heavy atom. The number of pyridine rings is 1. The monoisotopic (exact) mass is 261 g/mol. The largest absolute Gasteiger partial charge is 0.481 e. The lowest BCUT2D eigenvalue weighted by molar-refractivity contribution is -0.136. The number of rotatable bonds is 3. The van der Waals surface area contributed by atoms with E-state index in [-0.39, 0.29) is 17.4 Å². The molecular weight excluding hydrogens is 249 g/mol. The topological polar surface area (TPSA) is 59.3 Å². The number of benzene rings is 1. The highest BCUT2D eigenvalue weighted by Crippen LogP contribution is 2.12. The van der Waals surface area contributed by atoms with E-state index in [2.05, 4.69) is 0 Å². The molecule has 98 valence electrons. The predicted octanol–water partition coefficient (Wildman–Crippen LogP) is 1.91. The first-order chi connectivity index (χ1) is 8.97. The van der Waals surface area contributed by atoms with Crippen LogP contribution in [0.1, 0.15) is 11.3 Å². The van der Waals surface area contributed by atoms with Gasteiger partial charge < -0.3 is 9.67 Å². The maximum atomic E-state index is 13.2. The van der Waals surface area contributed by atoms with Gasteiger partial charge in [-0.05, 0) is 25.1 Å². The molecule has 4 nitrogen and oxygen atoms in total. The second-order valence-electron chi connectivity index (χ2n) is 4.22. The standard InChI is InChI=1S/C14H12FNO3/c1-9-5-13(17)10(6-14(18)19)8-16(9)12-4-2-3-11(15)7-12/h2-5,7-8H,6H2,1H3,(H,18,19). The van der Waals surface area contributed by atoms with Crippen molar-refractivity contribution in [2.45, 2.75) is 13.3 Å². The van der Waals surface area contributed by atoms with Crippen LogP contribution in [0.5, 0.6) is 0 Å². The fourth-order valence-electron chi connectivity index (χ4n) is 1.87. The summed E-state index contributed by atoms with van der Waals surface area (Å²) in [6, 6.07) is 7.23. The fraction of sp³-hybridized carbons (Fsp3) is 0.143. The van der Waals surface area contributed by atoms with Gasteiger partial charge in [0.2, 0.25) is 0 Å². The highest BCUT2D eigenvalue weighted by molar-refractivity contribution is 5.70. The summed E-state index contributed by atoms with van der Waals surface area (Å²) in [5.74, 6) is -1.47. The van der Waals surface area contributed by atoms with Crippen molar-refractivity contribution < 1.29 is 14.3 Å². The van der Waals surface area contributed by atoms with Crippen LogP contribution in [0.4, 0.5) is 4.39 Å². The van der Waals surface area contributed by atoms with Crippen LogP contribution in [0, 0.1) is 12.7 Å². The number of halogens is 1. The molecule has 0 atom stereocenters. The molecule has 2 rings (SSSR count). The first-order valence-electron chi connectivity index (χ1n) is 5.67. The molecule has 1 heterocycles. The fourth-order valence-corrected chi connectivity index (χ4v) is 1.87. The lowest BCUT2D eigenvalue weighted by Crippen LogP contribution is -2.17. The summed E-state index contributed by atoms with van der Waals surface area (Å²) in [4.78, 5) is 22.4. The number of carboxylic acids is 1. The van der Waals surface area contributed by atoms with Crippen molar-refractivity contribution >= 4 is 5.97 Å². The van der Waals surface area contributed by atoms with Crippen LogP contribution < -0.4 is 5.43 Å². The van der Waals surface area contributed by atoms with Gasteiger partial charge in [0.15, 0.2) is 5.43 Å². The highest BCUT2D eigenvalue weighted by atomic mass is 19.1. The number of aryl methyl sites for hydroxylation is 1. The van der Waals surface area contributed by atoms with Crippen LogP contribution in [0.25, 0.3) is 5.69 Å². The molecule has 0 aliphatic heterocycles. The summed E-state index contributed by atoms with van der Waals surface area (Å²) in [5, 5.41) is 8.76. The summed E-state index contributed by atoms with van der Waals surface area (Å²) in [6.07, 6.45) is 1.09. The molecule has 0 saturated heterocycles. The molecule has 0 saturated carbocycles. The first-order valence-corrected chi connectivity index (χ1v) is 5.67. The van der Waals surface area contributed by atoms with Crippen LogP contribution in [0.15, 0.2) is 41.3 Å². The average molecular weight is 261 g/mol. The Morgan fingerprint density at radius 1 is 1.37 bits per heavy atom. The Bertz CT molecular complexity index is 691. The summed E-state index contributed by atoms with van der Waals surface area (Å²) in [5.41, 5.74) is 1.00. The maximum absolute atomic E-state index is 13.2. The minimum absolute atomic E-state index is 0.169. The van der Waals surface area contributed by atoms with Gasteiger partial charge in [-0.25, -0.2) is 4.39 Å². The van der Waals surface area contributed by atoms with Crippen molar-refractivity contribution in [1.82, 2.24) is 4.57 Å². The molecule has 0 aliphatic carbocycles. The number of carbonyl (C=O) groups is 1. The molecule has 0 radical (unpaired) electrons. The summed E-state index contributed by atoms with van der Waals surface area (Å²) in [6.45, 7) is 1.71. The minimum atomic E-state index is -1.08. The molecule has 1 aromatic heterocycles. The molecule has 0 amide bonds. The molecule has 0 bridgehead atoms. The third-order valence-electron chi connectivity index (χ3n) is 2.75. The SMILES string of the molecule is Cc1cc(=O)c(CC(=O)O)cn1-c1cccc(F)c1. The number of aromatic nitrogens is 1. The van der Waals surface area contributed by atoms with Crippen molar-refractivity contribution in [2.24, 2.45) is 0 Å². The lowest BCUT2D eigenvalue weighted by atomic mass is 10.1. The Morgan fingerprint density at radius 2 is 2.11 bits per heavy atom. The van der Waals surface area contributed by atoms with Crippen LogP contribution in [-0.4, -0.2) is 15.6 Å². The maximum Gasteiger partial charge on any atom is 0.308 e. The molecule has 0 spiro atoms. The summed E-state index contributed by atoms with van der Waals surface area (Å²) < 4.78 is 14.8. The Hall–Kier alpha value is -2.43. The van der Waals surface area contributed by atoms with Gasteiger partial charge in [-0.2, -0.15) is 0 Å². The average Bonchev–Trinajstić information content (AvgIpc) is 2.32. The predicted molar refractivity (Wildman–Crippen MR) is 68.1 cm³/mol. The van der Waals surface area contributed by atoms with E-state index in [0.29, 0.717) is 11.4 Å². The normalized spacial score (nSPS) is 10.4. The quantitative estimate of drug-likeness (QED) is 0.918. The van der Waals surface area contributed by atoms with E-state index < -0.39 is 11.8 Å². The van der Waals surface area contributed by atoms with Gasteiger partial charge >= 0.3 is 5.97 Å². The highest BCUT2D eigenvalue weighted by Gasteiger charge is 2.09. The van der Waals surface area contributed by atoms with Crippen LogP contribution in [0.3, 0.4) is 0 Å². The molecule has 0 fully saturated rings. The van der Waals surface area contributed by atoms with Gasteiger partial charge in [0.1, 0.15) is 5.82 Å². The summed E-state index contributed by atoms with van der Waals surface area (Å²) >= 11 is 0. The van der Waals surface area contributed by atoms with Gasteiger partial charge in [-0.15, -0.1) is 0 Å². The number of nitrogens with zero attached hydrogens (tertiary/aromatic N) is 1. The number of carboxylic acid groups (broad SMARTS) is 1. The Kier molecular flexibility index (Phi) is 3.46. The van der Waals surface area contributed by atoms with Crippen LogP contribution in [0.2, 0.25) is 0 Å². The van der Waals surface area contributed by atoms with Gasteiger partial charge in [0.25, 0.3) is 0 Å². The zero-order valence-corrected chi connectivity index (χ0v) is 10.3. The molecule has 5 heteroatoms. The van der Waals surface area contributed by atoms with E-state index in [1.165, 1.54) is 24.4 Å². The smallest absolute Gasteiger partial charge is 0.308 e. The second-order valence-corrected chi connectivity index (χ2v) is 4.22. The van der Waals surface area contributed by atoms with Crippen LogP contribution >= 0.6 is 0 Å². The molecule has 1 aromatic carbocycles. The van der Waals surface area contributed by atoms with Crippen LogP contribution in [-0.2, 0) is 11.2 Å². The van der Waals surface area contributed by atoms with Crippen molar-refractivity contribution in [2.75, 3.05) is 0 Å². The summed E-state index contributed by atoms with van der Waals surface area (Å²) in [7, 11) is 0. The van der Waals surface area contributed by atoms with Crippen molar-refractivity contribution in [3.63, 3.8) is 0 Å². The van der Waals surface area contributed by atoms with Gasteiger partial charge in [0, 0.05) is 29.2 Å². The number of hydrogen-bond donors (Lipinski definition) is 1. The molecule has 2 aromatic rings. The Labute approximate surface area is 108 Å². The van der Waals surface area contributed by atoms with E-state index in [4.69, 9.17) is 5.11 Å². The van der Waals surface area contributed by atoms with E-state index in [1.807, 2.05) is 0 Å². The van der Waals surface area contributed by atoms with E-state index >= 15 is 0 Å². The van der Waals surface area contributed by atoms with E-state index in [0.717, 1.165) is 0 Å². The molecular formula is C14H12FNO3. The second kappa shape index (κ2) is 5.06. The van der Waals surface area contributed by atoms with Gasteiger partial charge in [0.05, 0.1) is 6.42 Å². The molecule has 0 aliphatic rings. The minimum Gasteiger partial charge on any atom is -0.481 e. The lowest BCUT2D eigenvalue weighted by Gasteiger charge is -2.12. The third-order valence-corrected chi connectivity index (χ3v) is 2.75. The Balaban J connectivity index is 2.57. The third kappa shape index (κ3) is 2.88. The van der Waals surface area contributed by atoms with E-state index in [9.17, 15) is 14.0 Å². The molecule has 19 heavy (non-hydrogen) atoms. The van der Waals surface area contributed by atoms with E-state index in [1.54, 1.807) is 23.6 Å².